The van der Waals surface area contributed by atoms with Crippen LogP contribution in [0, 0.1) is 5.82 Å². The lowest BCUT2D eigenvalue weighted by Crippen LogP contribution is -2.24. The molecule has 1 heterocycles. The summed E-state index contributed by atoms with van der Waals surface area (Å²) < 4.78 is 29.4. The van der Waals surface area contributed by atoms with E-state index in [0.717, 1.165) is 25.9 Å². The van der Waals surface area contributed by atoms with E-state index in [1.54, 1.807) is 12.1 Å². The lowest BCUT2D eigenvalue weighted by Gasteiger charge is -2.22. The van der Waals surface area contributed by atoms with Gasteiger partial charge in [0, 0.05) is 6.61 Å². The molecule has 100 valence electrons. The van der Waals surface area contributed by atoms with Crippen LogP contribution in [0.25, 0.3) is 0 Å². The van der Waals surface area contributed by atoms with Crippen LogP contribution in [0.15, 0.2) is 18.2 Å². The summed E-state index contributed by atoms with van der Waals surface area (Å²) in [6.07, 6.45) is 3.01. The van der Waals surface area contributed by atoms with Gasteiger partial charge < -0.3 is 19.9 Å². The number of ether oxygens (including phenoxy) is 3. The molecule has 0 spiro atoms. The average molecular weight is 255 g/mol. The maximum absolute atomic E-state index is 13.1. The number of anilines is 1. The number of para-hydroxylation sites is 1. The van der Waals surface area contributed by atoms with E-state index in [-0.39, 0.29) is 12.0 Å². The van der Waals surface area contributed by atoms with Crippen molar-refractivity contribution in [2.75, 3.05) is 25.6 Å². The third kappa shape index (κ3) is 3.58. The maximum Gasteiger partial charge on any atom is 0.157 e. The van der Waals surface area contributed by atoms with Crippen molar-refractivity contribution in [1.82, 2.24) is 0 Å². The Balaban J connectivity index is 1.70. The molecule has 2 rings (SSSR count). The number of hydrogen-bond acceptors (Lipinski definition) is 4. The van der Waals surface area contributed by atoms with Gasteiger partial charge in [0.2, 0.25) is 0 Å². The first-order valence-corrected chi connectivity index (χ1v) is 6.17. The van der Waals surface area contributed by atoms with Crippen molar-refractivity contribution in [2.45, 2.75) is 25.6 Å². The molecule has 1 aromatic rings. The molecule has 1 aromatic carbocycles. The zero-order valence-electron chi connectivity index (χ0n) is 10.2. The molecule has 5 heteroatoms. The second-order valence-electron chi connectivity index (χ2n) is 4.17. The number of rotatable bonds is 5. The molecule has 0 amide bonds. The Hall–Kier alpha value is -1.33. The molecule has 0 bridgehead atoms. The maximum atomic E-state index is 13.1. The average Bonchev–Trinajstić information content (AvgIpc) is 2.40. The van der Waals surface area contributed by atoms with Crippen LogP contribution in [0.5, 0.6) is 5.75 Å². The second kappa shape index (κ2) is 6.56. The van der Waals surface area contributed by atoms with E-state index in [9.17, 15) is 4.39 Å². The number of nitrogen functional groups attached to an aromatic ring is 1. The molecule has 0 saturated carbocycles. The summed E-state index contributed by atoms with van der Waals surface area (Å²) >= 11 is 0. The minimum atomic E-state index is -0.468. The summed E-state index contributed by atoms with van der Waals surface area (Å²) in [6, 6.07) is 4.50. The number of hydrogen-bond donors (Lipinski definition) is 1. The van der Waals surface area contributed by atoms with Gasteiger partial charge in [0.25, 0.3) is 0 Å². The fraction of sp³-hybridized carbons (Fsp3) is 0.538. The minimum Gasteiger partial charge on any atom is -0.489 e. The fourth-order valence-electron chi connectivity index (χ4n) is 1.82. The van der Waals surface area contributed by atoms with Crippen molar-refractivity contribution >= 4 is 5.69 Å². The third-order valence-electron chi connectivity index (χ3n) is 2.80. The first kappa shape index (κ1) is 13.1. The fourth-order valence-corrected chi connectivity index (χ4v) is 1.82. The SMILES string of the molecule is Nc1c(F)cccc1OCCOC1CCCCO1. The van der Waals surface area contributed by atoms with Gasteiger partial charge in [-0.3, -0.25) is 0 Å². The van der Waals surface area contributed by atoms with Crippen LogP contribution in [0.4, 0.5) is 10.1 Å². The third-order valence-corrected chi connectivity index (χ3v) is 2.80. The minimum absolute atomic E-state index is 0.0337. The summed E-state index contributed by atoms with van der Waals surface area (Å²) in [5, 5.41) is 0. The molecular formula is C13H18FNO3. The second-order valence-corrected chi connectivity index (χ2v) is 4.17. The lowest BCUT2D eigenvalue weighted by molar-refractivity contribution is -0.165. The molecule has 0 radical (unpaired) electrons. The van der Waals surface area contributed by atoms with Gasteiger partial charge in [-0.15, -0.1) is 0 Å². The molecule has 1 fully saturated rings. The Bertz CT molecular complexity index is 380. The van der Waals surface area contributed by atoms with E-state index in [2.05, 4.69) is 0 Å². The van der Waals surface area contributed by atoms with Crippen molar-refractivity contribution < 1.29 is 18.6 Å². The van der Waals surface area contributed by atoms with Crippen molar-refractivity contribution in [3.8, 4) is 5.75 Å². The molecule has 1 saturated heterocycles. The molecule has 4 nitrogen and oxygen atoms in total. The van der Waals surface area contributed by atoms with E-state index in [1.165, 1.54) is 6.07 Å². The number of halogens is 1. The van der Waals surface area contributed by atoms with Gasteiger partial charge >= 0.3 is 0 Å². The molecule has 0 aromatic heterocycles. The molecule has 1 aliphatic rings. The van der Waals surface area contributed by atoms with Crippen molar-refractivity contribution in [2.24, 2.45) is 0 Å². The van der Waals surface area contributed by atoms with Crippen LogP contribution in [0.1, 0.15) is 19.3 Å². The highest BCUT2D eigenvalue weighted by molar-refractivity contribution is 5.53. The van der Waals surface area contributed by atoms with Gasteiger partial charge in [-0.05, 0) is 31.4 Å². The number of benzene rings is 1. The normalized spacial score (nSPS) is 19.7. The monoisotopic (exact) mass is 255 g/mol. The zero-order chi connectivity index (χ0) is 12.8. The Morgan fingerprint density at radius 2 is 2.22 bits per heavy atom. The Morgan fingerprint density at radius 1 is 1.33 bits per heavy atom. The highest BCUT2D eigenvalue weighted by Crippen LogP contribution is 2.23. The lowest BCUT2D eigenvalue weighted by atomic mass is 10.2. The van der Waals surface area contributed by atoms with Gasteiger partial charge in [-0.1, -0.05) is 6.07 Å². The van der Waals surface area contributed by atoms with Gasteiger partial charge in [0.15, 0.2) is 6.29 Å². The molecule has 1 atom stereocenters. The summed E-state index contributed by atoms with van der Waals surface area (Å²) in [6.45, 7) is 1.48. The number of nitrogens with two attached hydrogens (primary N) is 1. The van der Waals surface area contributed by atoms with E-state index in [1.807, 2.05) is 0 Å². The van der Waals surface area contributed by atoms with Gasteiger partial charge in [0.05, 0.1) is 6.61 Å². The van der Waals surface area contributed by atoms with E-state index >= 15 is 0 Å². The highest BCUT2D eigenvalue weighted by Gasteiger charge is 2.13. The van der Waals surface area contributed by atoms with Gasteiger partial charge in [0.1, 0.15) is 23.9 Å². The molecular weight excluding hydrogens is 237 g/mol. The van der Waals surface area contributed by atoms with E-state index in [0.29, 0.717) is 19.0 Å². The zero-order valence-corrected chi connectivity index (χ0v) is 10.2. The summed E-state index contributed by atoms with van der Waals surface area (Å²) in [4.78, 5) is 0. The predicted molar refractivity (Wildman–Crippen MR) is 65.9 cm³/mol. The highest BCUT2D eigenvalue weighted by atomic mass is 19.1. The molecule has 2 N–H and O–H groups in total. The molecule has 1 unspecified atom stereocenters. The predicted octanol–water partition coefficient (Wildman–Crippen LogP) is 2.33. The topological polar surface area (TPSA) is 53.7 Å². The summed E-state index contributed by atoms with van der Waals surface area (Å²) in [5.74, 6) is -0.118. The van der Waals surface area contributed by atoms with E-state index < -0.39 is 5.82 Å². The summed E-state index contributed by atoms with van der Waals surface area (Å²) in [7, 11) is 0. The Kier molecular flexibility index (Phi) is 4.78. The smallest absolute Gasteiger partial charge is 0.157 e. The molecule has 18 heavy (non-hydrogen) atoms. The van der Waals surface area contributed by atoms with Gasteiger partial charge in [-0.25, -0.2) is 4.39 Å². The van der Waals surface area contributed by atoms with Crippen LogP contribution >= 0.6 is 0 Å². The van der Waals surface area contributed by atoms with Crippen LogP contribution in [0.2, 0.25) is 0 Å². The first-order valence-electron chi connectivity index (χ1n) is 6.17. The van der Waals surface area contributed by atoms with Gasteiger partial charge in [-0.2, -0.15) is 0 Å². The van der Waals surface area contributed by atoms with Crippen LogP contribution in [-0.2, 0) is 9.47 Å². The van der Waals surface area contributed by atoms with Crippen molar-refractivity contribution in [1.29, 1.82) is 0 Å². The first-order chi connectivity index (χ1) is 8.77. The van der Waals surface area contributed by atoms with E-state index in [4.69, 9.17) is 19.9 Å². The standard InChI is InChI=1S/C13H18FNO3/c14-10-4-3-5-11(13(10)15)16-8-9-18-12-6-1-2-7-17-12/h3-5,12H,1-2,6-9,15H2. The quantitative estimate of drug-likeness (QED) is 0.648. The molecule has 0 aliphatic carbocycles. The van der Waals surface area contributed by atoms with Crippen molar-refractivity contribution in [3.63, 3.8) is 0 Å². The van der Waals surface area contributed by atoms with Crippen molar-refractivity contribution in [3.05, 3.63) is 24.0 Å². The Morgan fingerprint density at radius 3 is 3.00 bits per heavy atom. The summed E-state index contributed by atoms with van der Waals surface area (Å²) in [5.41, 5.74) is 5.58. The largest absolute Gasteiger partial charge is 0.489 e. The van der Waals surface area contributed by atoms with Crippen LogP contribution in [0.3, 0.4) is 0 Å². The Labute approximate surface area is 106 Å². The molecule has 1 aliphatic heterocycles. The van der Waals surface area contributed by atoms with Crippen LogP contribution in [-0.4, -0.2) is 26.1 Å². The van der Waals surface area contributed by atoms with Crippen LogP contribution < -0.4 is 10.5 Å².